The maximum Gasteiger partial charge on any atom is 0.323 e. The zero-order valence-electron chi connectivity index (χ0n) is 10.6. The van der Waals surface area contributed by atoms with Crippen molar-refractivity contribution in [3.63, 3.8) is 0 Å². The molecule has 0 aliphatic heterocycles. The number of carboxylic acids is 1. The molecular formula is C12H18ClN3O2. The van der Waals surface area contributed by atoms with Gasteiger partial charge in [-0.05, 0) is 32.7 Å². The molecule has 1 aromatic heterocycles. The van der Waals surface area contributed by atoms with Crippen LogP contribution in [0.15, 0.2) is 6.20 Å². The molecular weight excluding hydrogens is 254 g/mol. The van der Waals surface area contributed by atoms with E-state index in [0.717, 1.165) is 12.1 Å². The van der Waals surface area contributed by atoms with Crippen LogP contribution in [0.25, 0.3) is 0 Å². The Morgan fingerprint density at radius 1 is 1.78 bits per heavy atom. The van der Waals surface area contributed by atoms with Crippen molar-refractivity contribution in [1.82, 2.24) is 15.1 Å². The first-order valence-electron chi connectivity index (χ1n) is 6.18. The number of carboxylic acid groups (broad SMARTS) is 1. The van der Waals surface area contributed by atoms with Crippen molar-refractivity contribution >= 4 is 17.6 Å². The van der Waals surface area contributed by atoms with Gasteiger partial charge in [0.15, 0.2) is 0 Å². The smallest absolute Gasteiger partial charge is 0.323 e. The minimum absolute atomic E-state index is 0.103. The Bertz CT molecular complexity index is 441. The topological polar surface area (TPSA) is 67.2 Å². The Labute approximate surface area is 111 Å². The van der Waals surface area contributed by atoms with Gasteiger partial charge in [-0.1, -0.05) is 18.5 Å². The quantitative estimate of drug-likeness (QED) is 0.879. The number of carbonyl (C=O) groups is 1. The molecule has 0 amide bonds. The Morgan fingerprint density at radius 2 is 2.50 bits per heavy atom. The van der Waals surface area contributed by atoms with Crippen LogP contribution in [0.2, 0.25) is 5.02 Å². The monoisotopic (exact) mass is 271 g/mol. The van der Waals surface area contributed by atoms with Gasteiger partial charge < -0.3 is 10.4 Å². The van der Waals surface area contributed by atoms with Crippen LogP contribution in [0.4, 0.5) is 0 Å². The zero-order chi connectivity index (χ0) is 13.3. The molecule has 6 heteroatoms. The molecule has 1 saturated carbocycles. The highest BCUT2D eigenvalue weighted by atomic mass is 35.5. The second-order valence-corrected chi connectivity index (χ2v) is 5.26. The lowest BCUT2D eigenvalue weighted by atomic mass is 9.97. The predicted molar refractivity (Wildman–Crippen MR) is 68.9 cm³/mol. The molecule has 2 unspecified atom stereocenters. The predicted octanol–water partition coefficient (Wildman–Crippen LogP) is 2.00. The van der Waals surface area contributed by atoms with Gasteiger partial charge in [0.25, 0.3) is 0 Å². The first-order valence-corrected chi connectivity index (χ1v) is 6.56. The number of aromatic nitrogens is 2. The van der Waals surface area contributed by atoms with Gasteiger partial charge in [-0.25, -0.2) is 0 Å². The number of aliphatic carboxylic acids is 1. The largest absolute Gasteiger partial charge is 0.480 e. The van der Waals surface area contributed by atoms with Crippen molar-refractivity contribution in [3.05, 3.63) is 16.9 Å². The number of hydrogen-bond acceptors (Lipinski definition) is 3. The van der Waals surface area contributed by atoms with E-state index in [9.17, 15) is 9.90 Å². The fourth-order valence-corrected chi connectivity index (χ4v) is 2.80. The molecule has 18 heavy (non-hydrogen) atoms. The maximum absolute atomic E-state index is 11.4. The van der Waals surface area contributed by atoms with E-state index in [1.807, 2.05) is 13.8 Å². The summed E-state index contributed by atoms with van der Waals surface area (Å²) in [4.78, 5) is 11.4. The van der Waals surface area contributed by atoms with Crippen molar-refractivity contribution in [2.75, 3.05) is 6.54 Å². The molecule has 2 rings (SSSR count). The van der Waals surface area contributed by atoms with Gasteiger partial charge in [-0.15, -0.1) is 0 Å². The summed E-state index contributed by atoms with van der Waals surface area (Å²) in [6.07, 6.45) is 3.76. The molecule has 0 spiro atoms. The first-order chi connectivity index (χ1) is 8.48. The van der Waals surface area contributed by atoms with Crippen LogP contribution in [-0.2, 0) is 4.79 Å². The number of aryl methyl sites for hydroxylation is 1. The van der Waals surface area contributed by atoms with E-state index in [0.29, 0.717) is 24.4 Å². The lowest BCUT2D eigenvalue weighted by molar-refractivity contribution is -0.144. The van der Waals surface area contributed by atoms with Crippen LogP contribution in [0, 0.1) is 6.92 Å². The normalized spacial score (nSPS) is 27.6. The van der Waals surface area contributed by atoms with Crippen molar-refractivity contribution in [2.24, 2.45) is 0 Å². The van der Waals surface area contributed by atoms with E-state index >= 15 is 0 Å². The third-order valence-electron chi connectivity index (χ3n) is 3.64. The van der Waals surface area contributed by atoms with E-state index < -0.39 is 11.5 Å². The second kappa shape index (κ2) is 4.90. The average Bonchev–Trinajstić information content (AvgIpc) is 2.86. The fourth-order valence-electron chi connectivity index (χ4n) is 2.66. The second-order valence-electron chi connectivity index (χ2n) is 4.86. The van der Waals surface area contributed by atoms with Gasteiger partial charge in [-0.2, -0.15) is 5.10 Å². The van der Waals surface area contributed by atoms with E-state index in [1.54, 1.807) is 10.9 Å². The molecule has 1 heterocycles. The van der Waals surface area contributed by atoms with Gasteiger partial charge in [0.2, 0.25) is 0 Å². The Balaban J connectivity index is 2.18. The van der Waals surface area contributed by atoms with E-state index in [-0.39, 0.29) is 6.04 Å². The molecule has 5 nitrogen and oxygen atoms in total. The third-order valence-corrected chi connectivity index (χ3v) is 4.01. The van der Waals surface area contributed by atoms with Crippen molar-refractivity contribution in [2.45, 2.75) is 44.7 Å². The summed E-state index contributed by atoms with van der Waals surface area (Å²) in [7, 11) is 0. The molecule has 0 saturated heterocycles. The highest BCUT2D eigenvalue weighted by molar-refractivity contribution is 6.31. The summed E-state index contributed by atoms with van der Waals surface area (Å²) in [6.45, 7) is 4.42. The lowest BCUT2D eigenvalue weighted by Gasteiger charge is -2.25. The Morgan fingerprint density at radius 3 is 3.00 bits per heavy atom. The standard InChI is InChI=1S/C12H18ClN3O2/c1-3-14-12(11(17)18)5-4-9(6-12)16-7-10(13)8(2)15-16/h7,9,14H,3-6H2,1-2H3,(H,17,18). The molecule has 1 aliphatic rings. The fraction of sp³-hybridized carbons (Fsp3) is 0.667. The van der Waals surface area contributed by atoms with Crippen LogP contribution in [0.1, 0.15) is 37.9 Å². The van der Waals surface area contributed by atoms with Crippen molar-refractivity contribution in [3.8, 4) is 0 Å². The highest BCUT2D eigenvalue weighted by Crippen LogP contribution is 2.38. The molecule has 0 bridgehead atoms. The summed E-state index contributed by atoms with van der Waals surface area (Å²) in [6, 6.07) is 0.103. The number of hydrogen-bond donors (Lipinski definition) is 2. The van der Waals surface area contributed by atoms with Gasteiger partial charge in [0, 0.05) is 6.20 Å². The Kier molecular flexibility index (Phi) is 3.64. The summed E-state index contributed by atoms with van der Waals surface area (Å²) in [5.74, 6) is -0.776. The van der Waals surface area contributed by atoms with Crippen LogP contribution in [0.5, 0.6) is 0 Å². The lowest BCUT2D eigenvalue weighted by Crippen LogP contribution is -2.50. The highest BCUT2D eigenvalue weighted by Gasteiger charge is 2.45. The maximum atomic E-state index is 11.4. The van der Waals surface area contributed by atoms with E-state index in [1.165, 1.54) is 0 Å². The number of nitrogens with zero attached hydrogens (tertiary/aromatic N) is 2. The van der Waals surface area contributed by atoms with E-state index in [4.69, 9.17) is 11.6 Å². The van der Waals surface area contributed by atoms with Crippen LogP contribution in [-0.4, -0.2) is 32.9 Å². The molecule has 1 aromatic rings. The molecule has 0 aromatic carbocycles. The van der Waals surface area contributed by atoms with Crippen LogP contribution >= 0.6 is 11.6 Å². The molecule has 2 N–H and O–H groups in total. The number of rotatable bonds is 4. The minimum atomic E-state index is -0.814. The van der Waals surface area contributed by atoms with Gasteiger partial charge in [-0.3, -0.25) is 9.48 Å². The first kappa shape index (κ1) is 13.4. The molecule has 2 atom stereocenters. The zero-order valence-corrected chi connectivity index (χ0v) is 11.4. The molecule has 100 valence electrons. The summed E-state index contributed by atoms with van der Waals surface area (Å²) in [5.41, 5.74) is -0.0286. The average molecular weight is 272 g/mol. The molecule has 1 fully saturated rings. The van der Waals surface area contributed by atoms with Gasteiger partial charge in [0.05, 0.1) is 16.8 Å². The molecule has 1 aliphatic carbocycles. The Hall–Kier alpha value is -1.07. The molecule has 0 radical (unpaired) electrons. The summed E-state index contributed by atoms with van der Waals surface area (Å²) in [5, 5.41) is 17.5. The van der Waals surface area contributed by atoms with Crippen LogP contribution < -0.4 is 5.32 Å². The summed E-state index contributed by atoms with van der Waals surface area (Å²) < 4.78 is 1.81. The minimum Gasteiger partial charge on any atom is -0.480 e. The number of nitrogens with one attached hydrogen (secondary N) is 1. The van der Waals surface area contributed by atoms with Gasteiger partial charge >= 0.3 is 5.97 Å². The third kappa shape index (κ3) is 2.24. The van der Waals surface area contributed by atoms with E-state index in [2.05, 4.69) is 10.4 Å². The van der Waals surface area contributed by atoms with Gasteiger partial charge in [0.1, 0.15) is 5.54 Å². The summed E-state index contributed by atoms with van der Waals surface area (Å²) >= 11 is 5.99. The van der Waals surface area contributed by atoms with Crippen LogP contribution in [0.3, 0.4) is 0 Å². The number of halogens is 1. The van der Waals surface area contributed by atoms with Crippen molar-refractivity contribution in [1.29, 1.82) is 0 Å². The SMILES string of the molecule is CCNC1(C(=O)O)CCC(n2cc(Cl)c(C)n2)C1. The van der Waals surface area contributed by atoms with Crippen molar-refractivity contribution < 1.29 is 9.90 Å². The number of likely N-dealkylation sites (N-methyl/N-ethyl adjacent to an activating group) is 1.